The number of likely N-dealkylation sites (N-methyl/N-ethyl adjacent to an activating group) is 1. The highest BCUT2D eigenvalue weighted by Crippen LogP contribution is 2.29. The summed E-state index contributed by atoms with van der Waals surface area (Å²) >= 11 is 0. The molecule has 1 saturated carbocycles. The number of aliphatic hydroxyl groups is 2. The van der Waals surface area contributed by atoms with Gasteiger partial charge in [-0.25, -0.2) is 4.79 Å². The van der Waals surface area contributed by atoms with E-state index in [0.29, 0.717) is 32.1 Å². The zero-order valence-corrected chi connectivity index (χ0v) is 52.4. The maximum atomic E-state index is 14.4. The van der Waals surface area contributed by atoms with Crippen molar-refractivity contribution < 1.29 is 72.5 Å². The Kier molecular flexibility index (Phi) is 30.7. The van der Waals surface area contributed by atoms with Crippen molar-refractivity contribution in [1.82, 2.24) is 58.5 Å². The Balaban J connectivity index is 1.86. The van der Waals surface area contributed by atoms with Crippen molar-refractivity contribution in [2.24, 2.45) is 29.4 Å². The molecule has 1 saturated heterocycles. The standard InChI is InChI=1S/C60H98N12O15/c1-12-32(5)44(68-51(78)40(62-11)29-38-23-19-18-20-24-38)54(81)65-41(30-73)52(79)64-39(25-26-43(61)75)50(77)67-46(34(7)14-3)56(83)69-45(33(6)13-2)55(82)66-42(31-74)53(80)70-48-37(10)87-58(85)47(35(8)15-4)71-59(86)60(27-21-16-17-22-28-60)72-49(76)36(9)63-57(48)84/h18-20,23-24,32-37,39-42,44-48,62,73-74H,12-17,21-22,25-31H2,1-11H3,(H2,61,75)(H,63,84)(H,64,79)(H,65,81)(H,66,82)(H,67,77)(H,68,78)(H,69,83)(H,70,80)(H,71,86)(H,72,76)/t32-,33-,34-,35-,36-,37-,39+,40+,41-,42-,44-,45-,46+,47-,48+/m0/s1. The number of primary amides is 1. The van der Waals surface area contributed by atoms with Gasteiger partial charge in [-0.15, -0.1) is 0 Å². The molecular weight excluding hydrogens is 1130 g/mol. The first-order valence-electron chi connectivity index (χ1n) is 30.6. The van der Waals surface area contributed by atoms with Crippen LogP contribution in [0.1, 0.15) is 152 Å². The van der Waals surface area contributed by atoms with Crippen LogP contribution in [0.2, 0.25) is 0 Å². The summed E-state index contributed by atoms with van der Waals surface area (Å²) in [6.07, 6.45) is 2.84. The van der Waals surface area contributed by atoms with E-state index in [2.05, 4.69) is 58.5 Å². The van der Waals surface area contributed by atoms with Gasteiger partial charge in [-0.2, -0.15) is 0 Å². The number of rotatable bonds is 30. The predicted molar refractivity (Wildman–Crippen MR) is 321 cm³/mol. The zero-order chi connectivity index (χ0) is 65.3. The van der Waals surface area contributed by atoms with Crippen LogP contribution in [0.5, 0.6) is 0 Å². The molecule has 15 N–H and O–H groups in total. The van der Waals surface area contributed by atoms with E-state index in [9.17, 15) is 67.7 Å². The van der Waals surface area contributed by atoms with E-state index in [-0.39, 0.29) is 25.7 Å². The fourth-order valence-corrected chi connectivity index (χ4v) is 10.1. The minimum Gasteiger partial charge on any atom is -0.458 e. The highest BCUT2D eigenvalue weighted by atomic mass is 16.5. The molecule has 27 nitrogen and oxygen atoms in total. The Morgan fingerprint density at radius 1 is 0.609 bits per heavy atom. The molecule has 27 heteroatoms. The second-order valence-corrected chi connectivity index (χ2v) is 23.4. The van der Waals surface area contributed by atoms with E-state index >= 15 is 0 Å². The molecule has 0 radical (unpaired) electrons. The van der Waals surface area contributed by atoms with Crippen LogP contribution in [0.4, 0.5) is 0 Å². The number of carbonyl (C=O) groups is 12. The summed E-state index contributed by atoms with van der Waals surface area (Å²) in [5, 5.41) is 50.0. The molecule has 0 unspecified atom stereocenters. The van der Waals surface area contributed by atoms with Gasteiger partial charge < -0.3 is 79.2 Å². The van der Waals surface area contributed by atoms with E-state index in [0.717, 1.165) is 18.4 Å². The van der Waals surface area contributed by atoms with Gasteiger partial charge in [0.15, 0.2) is 0 Å². The number of nitrogens with one attached hydrogen (secondary N) is 11. The Labute approximate surface area is 510 Å². The van der Waals surface area contributed by atoms with Crippen molar-refractivity contribution in [2.45, 2.75) is 225 Å². The number of hydrogen-bond acceptors (Lipinski definition) is 16. The van der Waals surface area contributed by atoms with Crippen molar-refractivity contribution in [1.29, 1.82) is 0 Å². The van der Waals surface area contributed by atoms with Gasteiger partial charge in [0.1, 0.15) is 66.0 Å². The largest absolute Gasteiger partial charge is 0.458 e. The van der Waals surface area contributed by atoms with Crippen molar-refractivity contribution in [3.8, 4) is 0 Å². The first kappa shape index (κ1) is 74.0. The second kappa shape index (κ2) is 36.1. The minimum atomic E-state index is -1.80. The number of carbonyl (C=O) groups excluding carboxylic acids is 12. The number of aliphatic hydroxyl groups excluding tert-OH is 2. The molecule has 1 aliphatic heterocycles. The molecule has 87 heavy (non-hydrogen) atoms. The molecule has 1 spiro atoms. The first-order chi connectivity index (χ1) is 41.1. The van der Waals surface area contributed by atoms with Crippen LogP contribution in [0.3, 0.4) is 0 Å². The number of ether oxygens (including phenoxy) is 1. The molecule has 488 valence electrons. The SMILES string of the molecule is CC[C@H](C)[C@H](NC(=O)[C@@H](Cc1ccccc1)NC)C(=O)N[C@@H](CO)C(=O)N[C@H](CCC(N)=O)C(=O)N[C@@H](C(=O)N[C@H](C(=O)N[C@@H](CO)C(=O)N[C@H]1C(=O)N[C@@H](C)C(=O)NC2(CCCCCC2)C(=O)N[C@@H]([C@@H](C)CC)C(=O)O[C@H]1C)[C@@H](C)CC)[C@@H](C)CC. The zero-order valence-electron chi connectivity index (χ0n) is 52.4. The normalized spacial score (nSPS) is 22.0. The Hall–Kier alpha value is -7.26. The third-order valence-electron chi connectivity index (χ3n) is 16.9. The van der Waals surface area contributed by atoms with Gasteiger partial charge in [0.05, 0.1) is 19.3 Å². The van der Waals surface area contributed by atoms with Crippen molar-refractivity contribution in [3.63, 3.8) is 0 Å². The number of nitrogens with two attached hydrogens (primary N) is 1. The highest BCUT2D eigenvalue weighted by Gasteiger charge is 2.46. The summed E-state index contributed by atoms with van der Waals surface area (Å²) in [5.74, 6) is -12.6. The number of benzene rings is 1. The Bertz CT molecular complexity index is 2510. The molecule has 1 aromatic carbocycles. The average Bonchev–Trinajstić information content (AvgIpc) is 3.31. The summed E-state index contributed by atoms with van der Waals surface area (Å²) in [6.45, 7) is 14.4. The quantitative estimate of drug-likeness (QED) is 0.0402. The molecule has 3 rings (SSSR count). The van der Waals surface area contributed by atoms with E-state index in [1.165, 1.54) is 13.8 Å². The average molecular weight is 1230 g/mol. The third-order valence-corrected chi connectivity index (χ3v) is 16.9. The molecular formula is C60H98N12O15. The van der Waals surface area contributed by atoms with Crippen LogP contribution in [-0.4, -0.2) is 173 Å². The van der Waals surface area contributed by atoms with Crippen LogP contribution in [-0.2, 0) is 68.7 Å². The Morgan fingerprint density at radius 3 is 1.54 bits per heavy atom. The van der Waals surface area contributed by atoms with Gasteiger partial charge >= 0.3 is 5.97 Å². The molecule has 0 bridgehead atoms. The monoisotopic (exact) mass is 1230 g/mol. The topological polar surface area (TPSA) is 413 Å². The fourth-order valence-electron chi connectivity index (χ4n) is 10.1. The lowest BCUT2D eigenvalue weighted by Gasteiger charge is -2.35. The van der Waals surface area contributed by atoms with Gasteiger partial charge in [-0.1, -0.05) is 137 Å². The molecule has 2 fully saturated rings. The van der Waals surface area contributed by atoms with Crippen molar-refractivity contribution in [3.05, 3.63) is 35.9 Å². The highest BCUT2D eigenvalue weighted by molar-refractivity contribution is 6.00. The van der Waals surface area contributed by atoms with Crippen LogP contribution in [0.15, 0.2) is 30.3 Å². The molecule has 1 aliphatic carbocycles. The van der Waals surface area contributed by atoms with Crippen LogP contribution in [0, 0.1) is 23.7 Å². The van der Waals surface area contributed by atoms with Crippen LogP contribution in [0.25, 0.3) is 0 Å². The lowest BCUT2D eigenvalue weighted by molar-refractivity contribution is -0.157. The smallest absolute Gasteiger partial charge is 0.329 e. The van der Waals surface area contributed by atoms with E-state index < -0.39 is 193 Å². The predicted octanol–water partition coefficient (Wildman–Crippen LogP) is -1.21. The summed E-state index contributed by atoms with van der Waals surface area (Å²) < 4.78 is 5.79. The molecule has 1 aromatic rings. The summed E-state index contributed by atoms with van der Waals surface area (Å²) in [5.41, 5.74) is 4.93. The summed E-state index contributed by atoms with van der Waals surface area (Å²) in [6, 6.07) is -4.86. The summed E-state index contributed by atoms with van der Waals surface area (Å²) in [4.78, 5) is 166. The van der Waals surface area contributed by atoms with Gasteiger partial charge in [0.2, 0.25) is 65.0 Å². The van der Waals surface area contributed by atoms with Gasteiger partial charge in [-0.3, -0.25) is 52.7 Å². The van der Waals surface area contributed by atoms with Crippen molar-refractivity contribution in [2.75, 3.05) is 20.3 Å². The molecule has 0 aromatic heterocycles. The number of hydrogen-bond donors (Lipinski definition) is 14. The fraction of sp³-hybridized carbons (Fsp3) is 0.700. The Morgan fingerprint density at radius 2 is 1.07 bits per heavy atom. The lowest BCUT2D eigenvalue weighted by Crippen LogP contribution is -2.64. The van der Waals surface area contributed by atoms with Gasteiger partial charge in [0.25, 0.3) is 0 Å². The van der Waals surface area contributed by atoms with E-state index in [4.69, 9.17) is 10.5 Å². The van der Waals surface area contributed by atoms with Crippen LogP contribution >= 0.6 is 0 Å². The maximum absolute atomic E-state index is 14.4. The molecule has 11 amide bonds. The number of esters is 1. The summed E-state index contributed by atoms with van der Waals surface area (Å²) in [7, 11) is 1.60. The van der Waals surface area contributed by atoms with E-state index in [1.807, 2.05) is 30.3 Å². The van der Waals surface area contributed by atoms with Gasteiger partial charge in [-0.05, 0) is 75.8 Å². The molecule has 2 aliphatic rings. The van der Waals surface area contributed by atoms with Gasteiger partial charge in [0, 0.05) is 6.42 Å². The number of cyclic esters (lactones) is 1. The minimum absolute atomic E-state index is 0.268. The van der Waals surface area contributed by atoms with Crippen LogP contribution < -0.4 is 64.2 Å². The number of amides is 11. The lowest BCUT2D eigenvalue weighted by atomic mass is 9.87. The molecule has 15 atom stereocenters. The maximum Gasteiger partial charge on any atom is 0.329 e. The second-order valence-electron chi connectivity index (χ2n) is 23.4. The van der Waals surface area contributed by atoms with Crippen molar-refractivity contribution >= 4 is 70.9 Å². The molecule has 1 heterocycles. The first-order valence-corrected chi connectivity index (χ1v) is 30.6. The third kappa shape index (κ3) is 21.8. The van der Waals surface area contributed by atoms with E-state index in [1.54, 1.807) is 62.4 Å².